The largest absolute Gasteiger partial charge is 0.478 e. The number of carbonyl (C=O) groups excluding carboxylic acids is 2. The monoisotopic (exact) mass is 494 g/mol. The van der Waals surface area contributed by atoms with Gasteiger partial charge in [-0.05, 0) is 51.4 Å². The highest BCUT2D eigenvalue weighted by molar-refractivity contribution is 5.94. The van der Waals surface area contributed by atoms with Crippen molar-refractivity contribution in [1.82, 2.24) is 10.2 Å². The zero-order valence-electron chi connectivity index (χ0n) is 21.6. The molecule has 196 valence electrons. The third-order valence-corrected chi connectivity index (χ3v) is 5.37. The first-order valence-corrected chi connectivity index (χ1v) is 12.9. The van der Waals surface area contributed by atoms with Gasteiger partial charge in [-0.2, -0.15) is 0 Å². The summed E-state index contributed by atoms with van der Waals surface area (Å²) in [6.45, 7) is 3.07. The second-order valence-corrected chi connectivity index (χ2v) is 8.46. The Labute approximate surface area is 216 Å². The fraction of sp³-hybridized carbons (Fsp3) is 0.433. The van der Waals surface area contributed by atoms with Crippen molar-refractivity contribution in [1.29, 1.82) is 0 Å². The number of amides is 2. The summed E-state index contributed by atoms with van der Waals surface area (Å²) in [6.07, 6.45) is 35.3. The second-order valence-electron chi connectivity index (χ2n) is 8.46. The normalized spacial score (nSPS) is 16.9. The molecule has 0 spiro atoms. The molecule has 0 radical (unpaired) electrons. The zero-order valence-corrected chi connectivity index (χ0v) is 21.6. The van der Waals surface area contributed by atoms with Crippen molar-refractivity contribution in [3.8, 4) is 0 Å². The fourth-order valence-electron chi connectivity index (χ4n) is 3.48. The highest BCUT2D eigenvalue weighted by Crippen LogP contribution is 2.10. The van der Waals surface area contributed by atoms with E-state index in [0.29, 0.717) is 32.4 Å². The van der Waals surface area contributed by atoms with Gasteiger partial charge in [-0.3, -0.25) is 9.59 Å². The number of carboxylic acids is 1. The molecular weight excluding hydrogens is 452 g/mol. The summed E-state index contributed by atoms with van der Waals surface area (Å²) in [5.41, 5.74) is 0. The molecule has 1 heterocycles. The molecule has 0 aromatic carbocycles. The summed E-state index contributed by atoms with van der Waals surface area (Å²) in [6, 6.07) is -0.0787. The molecule has 2 N–H and O–H groups in total. The summed E-state index contributed by atoms with van der Waals surface area (Å²) in [7, 11) is 0. The van der Waals surface area contributed by atoms with Crippen LogP contribution in [0.15, 0.2) is 85.1 Å². The van der Waals surface area contributed by atoms with Crippen LogP contribution in [-0.4, -0.2) is 46.9 Å². The van der Waals surface area contributed by atoms with Crippen molar-refractivity contribution < 1.29 is 19.5 Å². The number of carbonyl (C=O) groups is 3. The molecule has 1 aliphatic rings. The Morgan fingerprint density at radius 1 is 0.778 bits per heavy atom. The standard InChI is InChI=1S/C30H42N2O4/c1-2-3-4-5-6-7-8-9-10-11-12-13-14-15-16-17-18-19-20-21-28(33)31-27-24-25-32(26-27)29(34)22-23-30(35)36/h3-4,6-7,9-10,12-13,15-16,18-19,22-23,27H,2,5,8,11,14,17,20-21,24-26H2,1H3,(H,31,33)(H,35,36). The van der Waals surface area contributed by atoms with Crippen molar-refractivity contribution in [3.63, 3.8) is 0 Å². The van der Waals surface area contributed by atoms with E-state index in [2.05, 4.69) is 79.1 Å². The smallest absolute Gasteiger partial charge is 0.328 e. The first-order chi connectivity index (χ1) is 17.5. The topological polar surface area (TPSA) is 86.7 Å². The molecule has 2 amide bonds. The number of hydrogen-bond donors (Lipinski definition) is 2. The van der Waals surface area contributed by atoms with E-state index >= 15 is 0 Å². The third kappa shape index (κ3) is 17.1. The van der Waals surface area contributed by atoms with Crippen LogP contribution in [0.2, 0.25) is 0 Å². The van der Waals surface area contributed by atoms with E-state index < -0.39 is 5.97 Å². The molecule has 0 aromatic rings. The molecule has 1 fully saturated rings. The van der Waals surface area contributed by atoms with Gasteiger partial charge in [0, 0.05) is 37.7 Å². The number of nitrogens with zero attached hydrogens (tertiary/aromatic N) is 1. The lowest BCUT2D eigenvalue weighted by molar-refractivity contribution is -0.132. The molecule has 36 heavy (non-hydrogen) atoms. The first kappa shape index (κ1) is 30.6. The van der Waals surface area contributed by atoms with Gasteiger partial charge in [-0.25, -0.2) is 4.79 Å². The molecule has 0 saturated carbocycles. The van der Waals surface area contributed by atoms with Crippen LogP contribution in [0.4, 0.5) is 0 Å². The predicted molar refractivity (Wildman–Crippen MR) is 147 cm³/mol. The van der Waals surface area contributed by atoms with Gasteiger partial charge < -0.3 is 15.3 Å². The van der Waals surface area contributed by atoms with Crippen molar-refractivity contribution in [2.24, 2.45) is 0 Å². The highest BCUT2D eigenvalue weighted by Gasteiger charge is 2.25. The SMILES string of the molecule is CCC=CCC=CCC=CCC=CCC=CCC=CCCC(=O)NC1CCN(C(=O)C=CC(=O)O)C1. The average molecular weight is 495 g/mol. The molecular formula is C30H42N2O4. The Morgan fingerprint density at radius 3 is 1.78 bits per heavy atom. The molecule has 0 bridgehead atoms. The summed E-state index contributed by atoms with van der Waals surface area (Å²) < 4.78 is 0. The summed E-state index contributed by atoms with van der Waals surface area (Å²) in [5.74, 6) is -1.52. The van der Waals surface area contributed by atoms with Crippen LogP contribution >= 0.6 is 0 Å². The summed E-state index contributed by atoms with van der Waals surface area (Å²) >= 11 is 0. The van der Waals surface area contributed by atoms with Gasteiger partial charge in [-0.15, -0.1) is 0 Å². The molecule has 0 aliphatic carbocycles. The van der Waals surface area contributed by atoms with Crippen LogP contribution < -0.4 is 5.32 Å². The van der Waals surface area contributed by atoms with Crippen molar-refractivity contribution in [2.45, 2.75) is 70.8 Å². The Kier molecular flexibility index (Phi) is 17.8. The van der Waals surface area contributed by atoms with Gasteiger partial charge in [0.05, 0.1) is 0 Å². The third-order valence-electron chi connectivity index (χ3n) is 5.37. The number of allylic oxidation sites excluding steroid dienone is 12. The Balaban J connectivity index is 2.05. The highest BCUT2D eigenvalue weighted by atomic mass is 16.4. The van der Waals surface area contributed by atoms with Crippen LogP contribution in [0.5, 0.6) is 0 Å². The van der Waals surface area contributed by atoms with Gasteiger partial charge in [0.15, 0.2) is 0 Å². The fourth-order valence-corrected chi connectivity index (χ4v) is 3.48. The minimum Gasteiger partial charge on any atom is -0.478 e. The Bertz CT molecular complexity index is 862. The van der Waals surface area contributed by atoms with Crippen molar-refractivity contribution in [2.75, 3.05) is 13.1 Å². The van der Waals surface area contributed by atoms with Crippen LogP contribution in [0.25, 0.3) is 0 Å². The van der Waals surface area contributed by atoms with E-state index in [1.165, 1.54) is 0 Å². The number of nitrogens with one attached hydrogen (secondary N) is 1. The van der Waals surface area contributed by atoms with Crippen LogP contribution in [0.1, 0.15) is 64.7 Å². The first-order valence-electron chi connectivity index (χ1n) is 12.9. The van der Waals surface area contributed by atoms with E-state index in [1.807, 2.05) is 6.08 Å². The lowest BCUT2D eigenvalue weighted by Crippen LogP contribution is -2.38. The molecule has 1 rings (SSSR count). The minimum atomic E-state index is -1.15. The Hall–Kier alpha value is -3.41. The molecule has 1 saturated heterocycles. The molecule has 1 atom stereocenters. The number of carboxylic acid groups (broad SMARTS) is 1. The van der Waals surface area contributed by atoms with Crippen molar-refractivity contribution >= 4 is 17.8 Å². The molecule has 0 aromatic heterocycles. The average Bonchev–Trinajstić information content (AvgIpc) is 3.32. The molecule has 6 heteroatoms. The zero-order chi connectivity index (χ0) is 26.3. The van der Waals surface area contributed by atoms with Crippen LogP contribution in [-0.2, 0) is 14.4 Å². The number of rotatable bonds is 17. The minimum absolute atomic E-state index is 0.0325. The maximum Gasteiger partial charge on any atom is 0.328 e. The Morgan fingerprint density at radius 2 is 1.28 bits per heavy atom. The van der Waals surface area contributed by atoms with Gasteiger partial charge in [-0.1, -0.05) is 79.8 Å². The summed E-state index contributed by atoms with van der Waals surface area (Å²) in [4.78, 5) is 36.0. The lowest BCUT2D eigenvalue weighted by Gasteiger charge is -2.15. The van der Waals surface area contributed by atoms with E-state index in [-0.39, 0.29) is 17.9 Å². The number of hydrogen-bond acceptors (Lipinski definition) is 3. The van der Waals surface area contributed by atoms with E-state index in [9.17, 15) is 14.4 Å². The van der Waals surface area contributed by atoms with E-state index in [0.717, 1.165) is 50.7 Å². The van der Waals surface area contributed by atoms with Gasteiger partial charge in [0.25, 0.3) is 0 Å². The second kappa shape index (κ2) is 20.9. The van der Waals surface area contributed by atoms with Gasteiger partial charge in [0.1, 0.15) is 0 Å². The molecule has 6 nitrogen and oxygen atoms in total. The van der Waals surface area contributed by atoms with E-state index in [1.54, 1.807) is 4.90 Å². The number of aliphatic carboxylic acids is 1. The summed E-state index contributed by atoms with van der Waals surface area (Å²) in [5, 5.41) is 11.5. The maximum absolute atomic E-state index is 12.1. The van der Waals surface area contributed by atoms with E-state index in [4.69, 9.17) is 5.11 Å². The van der Waals surface area contributed by atoms with Gasteiger partial charge in [0.2, 0.25) is 11.8 Å². The quantitative estimate of drug-likeness (QED) is 0.197. The molecule has 1 aliphatic heterocycles. The van der Waals surface area contributed by atoms with Gasteiger partial charge >= 0.3 is 5.97 Å². The van der Waals surface area contributed by atoms with Crippen LogP contribution in [0.3, 0.4) is 0 Å². The predicted octanol–water partition coefficient (Wildman–Crippen LogP) is 5.82. The lowest BCUT2D eigenvalue weighted by atomic mass is 10.2. The molecule has 1 unspecified atom stereocenters. The van der Waals surface area contributed by atoms with Crippen LogP contribution in [0, 0.1) is 0 Å². The van der Waals surface area contributed by atoms with Crippen molar-refractivity contribution in [3.05, 3.63) is 85.1 Å². The number of likely N-dealkylation sites (tertiary alicyclic amines) is 1. The maximum atomic E-state index is 12.1.